The van der Waals surface area contributed by atoms with Gasteiger partial charge in [-0.15, -0.1) is 13.2 Å². The van der Waals surface area contributed by atoms with Crippen LogP contribution in [0.3, 0.4) is 0 Å². The number of urea groups is 1. The van der Waals surface area contributed by atoms with E-state index in [2.05, 4.69) is 4.74 Å². The molecule has 2 amide bonds. The maximum absolute atomic E-state index is 13.6. The van der Waals surface area contributed by atoms with Crippen LogP contribution in [-0.2, 0) is 0 Å². The number of benzene rings is 3. The zero-order chi connectivity index (χ0) is 23.0. The minimum absolute atomic E-state index is 0.325. The van der Waals surface area contributed by atoms with Crippen molar-refractivity contribution in [3.05, 3.63) is 88.4 Å². The molecule has 1 heterocycles. The van der Waals surface area contributed by atoms with Gasteiger partial charge in [-0.25, -0.2) is 4.79 Å². The smallest absolute Gasteiger partial charge is 0.406 e. The van der Waals surface area contributed by atoms with Crippen molar-refractivity contribution in [3.63, 3.8) is 0 Å². The molecule has 1 aliphatic rings. The van der Waals surface area contributed by atoms with Crippen molar-refractivity contribution in [2.24, 2.45) is 0 Å². The molecule has 0 bridgehead atoms. The molecule has 0 saturated carbocycles. The van der Waals surface area contributed by atoms with Gasteiger partial charge in [-0.3, -0.25) is 9.80 Å². The van der Waals surface area contributed by atoms with Crippen molar-refractivity contribution in [3.8, 4) is 5.75 Å². The van der Waals surface area contributed by atoms with Gasteiger partial charge in [0.25, 0.3) is 0 Å². The zero-order valence-electron chi connectivity index (χ0n) is 16.7. The monoisotopic (exact) mass is 480 g/mol. The lowest BCUT2D eigenvalue weighted by Gasteiger charge is -2.26. The third kappa shape index (κ3) is 4.49. The van der Waals surface area contributed by atoms with Gasteiger partial charge in [0.05, 0.1) is 12.1 Å². The molecule has 1 aliphatic heterocycles. The third-order valence-corrected chi connectivity index (χ3v) is 5.70. The van der Waals surface area contributed by atoms with Crippen LogP contribution in [-0.4, -0.2) is 18.4 Å². The van der Waals surface area contributed by atoms with Crippen LogP contribution >= 0.6 is 23.2 Å². The van der Waals surface area contributed by atoms with E-state index in [0.717, 1.165) is 0 Å². The molecule has 1 saturated heterocycles. The topological polar surface area (TPSA) is 32.8 Å². The number of rotatable bonds is 4. The molecule has 0 spiro atoms. The fourth-order valence-electron chi connectivity index (χ4n) is 3.91. The first-order valence-corrected chi connectivity index (χ1v) is 10.4. The highest BCUT2D eigenvalue weighted by molar-refractivity contribution is 6.31. The quantitative estimate of drug-likeness (QED) is 0.387. The average Bonchev–Trinajstić information content (AvgIpc) is 2.98. The summed E-state index contributed by atoms with van der Waals surface area (Å²) >= 11 is 12.0. The summed E-state index contributed by atoms with van der Waals surface area (Å²) in [6.07, 6.45) is -4.82. The number of nitrogens with zero attached hydrogens (tertiary/aromatic N) is 2. The van der Waals surface area contributed by atoms with Gasteiger partial charge in [0.2, 0.25) is 0 Å². The minimum atomic E-state index is -4.82. The summed E-state index contributed by atoms with van der Waals surface area (Å²) in [6, 6.07) is 17.8. The highest BCUT2D eigenvalue weighted by atomic mass is 35.5. The van der Waals surface area contributed by atoms with Crippen LogP contribution in [0.25, 0.3) is 0 Å². The number of anilines is 2. The van der Waals surface area contributed by atoms with Crippen LogP contribution in [0.2, 0.25) is 10.0 Å². The molecule has 3 aromatic carbocycles. The van der Waals surface area contributed by atoms with E-state index in [1.807, 2.05) is 6.92 Å². The summed E-state index contributed by atoms with van der Waals surface area (Å²) in [5.74, 6) is -0.351. The van der Waals surface area contributed by atoms with E-state index in [9.17, 15) is 18.0 Å². The zero-order valence-corrected chi connectivity index (χ0v) is 18.2. The van der Waals surface area contributed by atoms with E-state index < -0.39 is 18.4 Å². The number of carbonyl (C=O) groups excluding carboxylic acids is 1. The van der Waals surface area contributed by atoms with Gasteiger partial charge < -0.3 is 4.74 Å². The van der Waals surface area contributed by atoms with Gasteiger partial charge in [-0.2, -0.15) is 0 Å². The number of halogens is 5. The first-order chi connectivity index (χ1) is 15.1. The molecule has 2 atom stereocenters. The number of hydrogen-bond acceptors (Lipinski definition) is 2. The van der Waals surface area contributed by atoms with Gasteiger partial charge in [-0.1, -0.05) is 35.3 Å². The van der Waals surface area contributed by atoms with E-state index in [1.165, 1.54) is 18.2 Å². The average molecular weight is 481 g/mol. The third-order valence-electron chi connectivity index (χ3n) is 5.20. The van der Waals surface area contributed by atoms with Gasteiger partial charge in [0.1, 0.15) is 5.75 Å². The fourth-order valence-corrected chi connectivity index (χ4v) is 4.16. The van der Waals surface area contributed by atoms with Crippen molar-refractivity contribution in [1.82, 2.24) is 0 Å². The lowest BCUT2D eigenvalue weighted by atomic mass is 9.99. The Hall–Kier alpha value is -2.90. The molecular weight excluding hydrogens is 464 g/mol. The van der Waals surface area contributed by atoms with Crippen LogP contribution < -0.4 is 14.5 Å². The van der Waals surface area contributed by atoms with Crippen molar-refractivity contribution in [2.75, 3.05) is 9.80 Å². The second-order valence-electron chi connectivity index (χ2n) is 7.28. The molecule has 1 fully saturated rings. The molecule has 0 aliphatic carbocycles. The Morgan fingerprint density at radius 2 is 1.38 bits per heavy atom. The predicted molar refractivity (Wildman–Crippen MR) is 119 cm³/mol. The van der Waals surface area contributed by atoms with Crippen molar-refractivity contribution < 1.29 is 22.7 Å². The van der Waals surface area contributed by atoms with Gasteiger partial charge in [-0.05, 0) is 73.2 Å². The summed E-state index contributed by atoms with van der Waals surface area (Å²) in [7, 11) is 0. The maximum atomic E-state index is 13.6. The highest BCUT2D eigenvalue weighted by Gasteiger charge is 2.46. The molecular formula is C23H17Cl2F3N2O2. The summed E-state index contributed by atoms with van der Waals surface area (Å²) < 4.78 is 42.4. The largest absolute Gasteiger partial charge is 0.573 e. The number of amides is 2. The van der Waals surface area contributed by atoms with Crippen LogP contribution in [0.4, 0.5) is 29.3 Å². The Morgan fingerprint density at radius 3 is 1.91 bits per heavy atom. The highest BCUT2D eigenvalue weighted by Crippen LogP contribution is 2.42. The number of carbonyl (C=O) groups is 1. The first-order valence-electron chi connectivity index (χ1n) is 9.63. The molecule has 0 N–H and O–H groups in total. The molecule has 4 rings (SSSR count). The van der Waals surface area contributed by atoms with E-state index in [0.29, 0.717) is 27.0 Å². The van der Waals surface area contributed by atoms with E-state index in [1.54, 1.807) is 64.4 Å². The maximum Gasteiger partial charge on any atom is 0.573 e. The normalized spacial score (nSPS) is 18.9. The van der Waals surface area contributed by atoms with Gasteiger partial charge in [0, 0.05) is 21.4 Å². The first kappa shape index (κ1) is 22.3. The molecule has 0 aromatic heterocycles. The SMILES string of the molecule is C[C@@H]1[C@@H](c2cccc(OC(F)(F)F)c2)N(c2ccc(Cl)cc2)C(=O)N1c1ccc(Cl)cc1. The second kappa shape index (κ2) is 8.56. The van der Waals surface area contributed by atoms with Gasteiger partial charge >= 0.3 is 12.4 Å². The summed E-state index contributed by atoms with van der Waals surface area (Å²) in [4.78, 5) is 16.7. The van der Waals surface area contributed by atoms with Crippen LogP contribution in [0.15, 0.2) is 72.8 Å². The molecule has 0 unspecified atom stereocenters. The molecule has 32 heavy (non-hydrogen) atoms. The predicted octanol–water partition coefficient (Wildman–Crippen LogP) is 7.47. The summed E-state index contributed by atoms with van der Waals surface area (Å²) in [6.45, 7) is 1.84. The molecule has 3 aromatic rings. The molecule has 166 valence electrons. The lowest BCUT2D eigenvalue weighted by molar-refractivity contribution is -0.274. The van der Waals surface area contributed by atoms with Crippen molar-refractivity contribution in [2.45, 2.75) is 25.4 Å². The van der Waals surface area contributed by atoms with E-state index in [-0.39, 0.29) is 11.8 Å². The lowest BCUT2D eigenvalue weighted by Crippen LogP contribution is -2.33. The van der Waals surface area contributed by atoms with Crippen molar-refractivity contribution in [1.29, 1.82) is 0 Å². The number of hydrogen-bond donors (Lipinski definition) is 0. The minimum Gasteiger partial charge on any atom is -0.406 e. The molecule has 9 heteroatoms. The number of ether oxygens (including phenoxy) is 1. The Morgan fingerprint density at radius 1 is 0.844 bits per heavy atom. The Kier molecular flexibility index (Phi) is 5.97. The molecule has 0 radical (unpaired) electrons. The molecule has 4 nitrogen and oxygen atoms in total. The van der Waals surface area contributed by atoms with Crippen LogP contribution in [0.1, 0.15) is 18.5 Å². The Labute approximate surface area is 192 Å². The van der Waals surface area contributed by atoms with Gasteiger partial charge in [0.15, 0.2) is 0 Å². The summed E-state index contributed by atoms with van der Waals surface area (Å²) in [5, 5.41) is 1.02. The second-order valence-corrected chi connectivity index (χ2v) is 8.15. The standard InChI is InChI=1S/C23H17Cl2F3N2O2/c1-14-21(15-3-2-4-20(13-15)32-23(26,27)28)30(19-11-7-17(25)8-12-19)22(31)29(14)18-9-5-16(24)6-10-18/h2-14,21H,1H3/t14-,21+/m1/s1. The van der Waals surface area contributed by atoms with Crippen molar-refractivity contribution >= 4 is 40.6 Å². The fraction of sp³-hybridized carbons (Fsp3) is 0.174. The van der Waals surface area contributed by atoms with E-state index in [4.69, 9.17) is 23.2 Å². The van der Waals surface area contributed by atoms with Crippen LogP contribution in [0.5, 0.6) is 5.75 Å². The Bertz CT molecular complexity index is 1120. The number of alkyl halides is 3. The van der Waals surface area contributed by atoms with E-state index >= 15 is 0 Å². The Balaban J connectivity index is 1.80. The summed E-state index contributed by atoms with van der Waals surface area (Å²) in [5.41, 5.74) is 1.69. The van der Waals surface area contributed by atoms with Crippen LogP contribution in [0, 0.1) is 0 Å².